The number of fused-ring (bicyclic) bond motifs is 1. The molecule has 0 spiro atoms. The molecule has 3 aromatic heterocycles. The number of nitrogen functional groups attached to an aromatic ring is 1. The standard InChI is InChI=1S/C22H29FN8O11P2/c23-15-11(10(4-39-43-35)3-12(15)28-14-1-2-25-7-26-14)5-40-44(36,37)41-6-13-17(33)18(38-9-32)21(42-13)31-8-27-16-19(31)29-22(24)30-20(16)34/h1-2,7-13,15,17-18,21,33,35,43H,3-6H2,(H,36,37)(H,25,26,28)(H3,24,29,30,34)/t10-,11-,12-,13-,15-,17-,18-,21-/m1/s1. The van der Waals surface area contributed by atoms with Gasteiger partial charge in [0.05, 0.1) is 32.2 Å². The maximum atomic E-state index is 15.5. The average molecular weight is 662 g/mol. The Kier molecular flexibility index (Phi) is 10.1. The molecule has 0 amide bonds. The number of carbonyl (C=O) groups excluding carboxylic acids is 1. The van der Waals surface area contributed by atoms with Gasteiger partial charge in [-0.15, -0.1) is 0 Å². The van der Waals surface area contributed by atoms with E-state index in [2.05, 4.69) is 30.2 Å². The minimum Gasteiger partial charge on any atom is -0.457 e. The molecule has 240 valence electrons. The van der Waals surface area contributed by atoms with Crippen molar-refractivity contribution in [1.29, 1.82) is 0 Å². The molecule has 5 rings (SSSR count). The van der Waals surface area contributed by atoms with Gasteiger partial charge < -0.3 is 39.9 Å². The highest BCUT2D eigenvalue weighted by molar-refractivity contribution is 7.47. The number of ether oxygens (including phenoxy) is 2. The van der Waals surface area contributed by atoms with Crippen molar-refractivity contribution in [2.75, 3.05) is 30.9 Å². The molecule has 4 heterocycles. The third-order valence-corrected chi connectivity index (χ3v) is 8.56. The number of carbonyl (C=O) groups is 1. The van der Waals surface area contributed by atoms with E-state index in [1.54, 1.807) is 6.07 Å². The smallest absolute Gasteiger partial charge is 0.457 e. The Balaban J connectivity index is 1.23. The monoisotopic (exact) mass is 662 g/mol. The first-order valence-corrected chi connectivity index (χ1v) is 15.4. The molecule has 1 saturated heterocycles. The largest absolute Gasteiger partial charge is 0.472 e. The Morgan fingerprint density at radius 3 is 2.84 bits per heavy atom. The fraction of sp³-hybridized carbons (Fsp3) is 0.545. The zero-order valence-electron chi connectivity index (χ0n) is 22.6. The molecule has 7 N–H and O–H groups in total. The van der Waals surface area contributed by atoms with E-state index in [4.69, 9.17) is 33.7 Å². The molecule has 2 unspecified atom stereocenters. The summed E-state index contributed by atoms with van der Waals surface area (Å²) in [5.74, 6) is -1.26. The number of hydrogen-bond acceptors (Lipinski definition) is 16. The Hall–Kier alpha value is -3.19. The number of imidazole rings is 1. The number of alkyl halides is 1. The number of hydrogen-bond donors (Lipinski definition) is 6. The van der Waals surface area contributed by atoms with Gasteiger partial charge in [-0.25, -0.2) is 23.9 Å². The zero-order valence-corrected chi connectivity index (χ0v) is 24.5. The lowest BCUT2D eigenvalue weighted by atomic mass is 9.97. The van der Waals surface area contributed by atoms with E-state index in [0.29, 0.717) is 5.82 Å². The highest BCUT2D eigenvalue weighted by Crippen LogP contribution is 2.47. The maximum absolute atomic E-state index is 15.5. The highest BCUT2D eigenvalue weighted by atomic mass is 31.2. The van der Waals surface area contributed by atoms with Gasteiger partial charge in [-0.2, -0.15) is 4.98 Å². The number of nitrogens with one attached hydrogen (secondary N) is 2. The van der Waals surface area contributed by atoms with Crippen LogP contribution >= 0.6 is 16.9 Å². The van der Waals surface area contributed by atoms with Crippen molar-refractivity contribution in [1.82, 2.24) is 29.5 Å². The SMILES string of the molecule is Nc1nc2c(ncn2[C@@H]2O[C@H](COP(=O)(O)OC[C@@H]3[C@@H](COPO)C[C@@H](Nc4ccncn4)[C@@H]3F)[C@@H](O)[C@H]2OC=O)c(=O)[nH]1. The molecule has 1 saturated carbocycles. The van der Waals surface area contributed by atoms with E-state index in [9.17, 15) is 24.2 Å². The number of nitrogens with zero attached hydrogens (tertiary/aromatic N) is 5. The predicted octanol–water partition coefficient (Wildman–Crippen LogP) is -0.602. The van der Waals surface area contributed by atoms with Gasteiger partial charge in [0.2, 0.25) is 5.95 Å². The topological polar surface area (TPSA) is 268 Å². The predicted molar refractivity (Wildman–Crippen MR) is 148 cm³/mol. The summed E-state index contributed by atoms with van der Waals surface area (Å²) in [6.07, 6.45) is -2.91. The lowest BCUT2D eigenvalue weighted by Gasteiger charge is -2.23. The van der Waals surface area contributed by atoms with Crippen LogP contribution in [0.1, 0.15) is 12.6 Å². The molecule has 44 heavy (non-hydrogen) atoms. The second-order valence-electron chi connectivity index (χ2n) is 9.94. The quantitative estimate of drug-likeness (QED) is 0.0929. The molecule has 1 aliphatic carbocycles. The van der Waals surface area contributed by atoms with Crippen molar-refractivity contribution >= 4 is 46.3 Å². The maximum Gasteiger partial charge on any atom is 0.472 e. The van der Waals surface area contributed by atoms with Crippen LogP contribution in [0.25, 0.3) is 11.2 Å². The Bertz CT molecular complexity index is 1540. The minimum atomic E-state index is -4.85. The Morgan fingerprint density at radius 1 is 1.32 bits per heavy atom. The number of anilines is 2. The van der Waals surface area contributed by atoms with Crippen LogP contribution in [0, 0.1) is 11.8 Å². The summed E-state index contributed by atoms with van der Waals surface area (Å²) in [7, 11) is -5.68. The number of phosphoric acid groups is 1. The van der Waals surface area contributed by atoms with Crippen molar-refractivity contribution in [2.45, 2.75) is 43.2 Å². The highest BCUT2D eigenvalue weighted by Gasteiger charge is 2.49. The molecule has 0 radical (unpaired) electrons. The lowest BCUT2D eigenvalue weighted by molar-refractivity contribution is -0.142. The van der Waals surface area contributed by atoms with Gasteiger partial charge >= 0.3 is 7.82 Å². The molecule has 0 bridgehead atoms. The Labute approximate surface area is 248 Å². The fourth-order valence-corrected chi connectivity index (χ4v) is 6.32. The van der Waals surface area contributed by atoms with Gasteiger partial charge in [0.25, 0.3) is 12.0 Å². The lowest BCUT2D eigenvalue weighted by Crippen LogP contribution is -2.35. The molecule has 2 aliphatic rings. The summed E-state index contributed by atoms with van der Waals surface area (Å²) < 4.78 is 55.5. The van der Waals surface area contributed by atoms with E-state index in [0.717, 1.165) is 6.33 Å². The van der Waals surface area contributed by atoms with Crippen molar-refractivity contribution < 1.29 is 51.7 Å². The number of phosphoric ester groups is 1. The molecular formula is C22H29FN8O11P2. The van der Waals surface area contributed by atoms with E-state index >= 15 is 4.39 Å². The van der Waals surface area contributed by atoms with Crippen LogP contribution in [0.4, 0.5) is 16.2 Å². The third-order valence-electron chi connectivity index (χ3n) is 7.32. The zero-order chi connectivity index (χ0) is 31.4. The summed E-state index contributed by atoms with van der Waals surface area (Å²) >= 11 is 0. The van der Waals surface area contributed by atoms with Crippen LogP contribution in [0.2, 0.25) is 0 Å². The molecule has 0 aromatic carbocycles. The van der Waals surface area contributed by atoms with Crippen molar-refractivity contribution in [3.8, 4) is 0 Å². The Morgan fingerprint density at radius 2 is 2.11 bits per heavy atom. The number of halogens is 1. The van der Waals surface area contributed by atoms with Crippen LogP contribution in [-0.4, -0.2) is 101 Å². The van der Waals surface area contributed by atoms with Crippen LogP contribution < -0.4 is 16.6 Å². The van der Waals surface area contributed by atoms with Gasteiger partial charge in [-0.05, 0) is 18.4 Å². The summed E-state index contributed by atoms with van der Waals surface area (Å²) in [6.45, 7) is -1.22. The van der Waals surface area contributed by atoms with Gasteiger partial charge in [0.15, 0.2) is 32.5 Å². The number of nitrogens with two attached hydrogens (primary N) is 1. The van der Waals surface area contributed by atoms with Crippen LogP contribution in [-0.2, 0) is 32.4 Å². The van der Waals surface area contributed by atoms with E-state index < -0.39 is 84.2 Å². The van der Waals surface area contributed by atoms with Crippen LogP contribution in [0.5, 0.6) is 0 Å². The van der Waals surface area contributed by atoms with Gasteiger partial charge in [0, 0.05) is 12.1 Å². The fourth-order valence-electron chi connectivity index (χ4n) is 5.26. The average Bonchev–Trinajstić information content (AvgIpc) is 3.64. The first-order valence-electron chi connectivity index (χ1n) is 13.1. The number of H-pyrrole nitrogens is 1. The molecular weight excluding hydrogens is 633 g/mol. The summed E-state index contributed by atoms with van der Waals surface area (Å²) in [4.78, 5) is 60.9. The molecule has 10 atom stereocenters. The normalized spacial score (nSPS) is 30.2. The molecule has 1 aliphatic heterocycles. The minimum absolute atomic E-state index is 0.0289. The molecule has 19 nitrogen and oxygen atoms in total. The first kappa shape index (κ1) is 32.2. The first-order chi connectivity index (χ1) is 21.1. The summed E-state index contributed by atoms with van der Waals surface area (Å²) in [5, 5.41) is 13.7. The molecule has 3 aromatic rings. The second-order valence-corrected chi connectivity index (χ2v) is 11.9. The van der Waals surface area contributed by atoms with Crippen LogP contribution in [0.15, 0.2) is 29.7 Å². The van der Waals surface area contributed by atoms with Gasteiger partial charge in [-0.1, -0.05) is 0 Å². The number of rotatable bonds is 14. The van der Waals surface area contributed by atoms with Crippen molar-refractivity contribution in [3.05, 3.63) is 35.3 Å². The molecule has 22 heteroatoms. The van der Waals surface area contributed by atoms with E-state index in [-0.39, 0.29) is 36.6 Å². The van der Waals surface area contributed by atoms with Crippen LogP contribution in [0.3, 0.4) is 0 Å². The number of aliphatic hydroxyl groups is 1. The summed E-state index contributed by atoms with van der Waals surface area (Å²) in [5.41, 5.74) is 4.84. The summed E-state index contributed by atoms with van der Waals surface area (Å²) in [6, 6.07) is 0.823. The third kappa shape index (κ3) is 7.03. The van der Waals surface area contributed by atoms with Gasteiger partial charge in [0.1, 0.15) is 30.5 Å². The van der Waals surface area contributed by atoms with E-state index in [1.807, 2.05) is 0 Å². The number of aromatic amines is 1. The van der Waals surface area contributed by atoms with E-state index in [1.165, 1.54) is 17.1 Å². The number of aromatic nitrogens is 6. The van der Waals surface area contributed by atoms with Crippen molar-refractivity contribution in [2.24, 2.45) is 11.8 Å². The van der Waals surface area contributed by atoms with Crippen molar-refractivity contribution in [3.63, 3.8) is 0 Å². The molecule has 2 fully saturated rings. The van der Waals surface area contributed by atoms with Gasteiger partial charge in [-0.3, -0.25) is 28.2 Å². The second kappa shape index (κ2) is 13.8. The number of aliphatic hydroxyl groups excluding tert-OH is 1.